The fraction of sp³-hybridized carbons (Fsp3) is 0.636. The van der Waals surface area contributed by atoms with Gasteiger partial charge in [-0.25, -0.2) is 4.79 Å². The molecule has 1 N–H and O–H groups in total. The first-order valence-corrected chi connectivity index (χ1v) is 5.86. The Morgan fingerprint density at radius 1 is 1.50 bits per heavy atom. The van der Waals surface area contributed by atoms with Crippen LogP contribution < -0.4 is 5.11 Å². The molecular formula is C11H16N2O5. The minimum atomic E-state index is -0.737. The first-order chi connectivity index (χ1) is 8.64. The van der Waals surface area contributed by atoms with Gasteiger partial charge in [0.15, 0.2) is 5.57 Å². The zero-order chi connectivity index (χ0) is 13.2. The second-order valence-corrected chi connectivity index (χ2v) is 4.23. The smallest absolute Gasteiger partial charge is 0.379 e. The largest absolute Gasteiger partial charge is 0.616 e. The number of carbonyl (C=O) groups is 1. The molecule has 2 rings (SSSR count). The van der Waals surface area contributed by atoms with E-state index in [1.807, 2.05) is 0 Å². The highest BCUT2D eigenvalue weighted by molar-refractivity contribution is 6.18. The highest BCUT2D eigenvalue weighted by Crippen LogP contribution is 2.31. The van der Waals surface area contributed by atoms with Gasteiger partial charge in [-0.15, -0.1) is 4.59 Å². The van der Waals surface area contributed by atoms with Crippen LogP contribution in [0.3, 0.4) is 0 Å². The van der Waals surface area contributed by atoms with Crippen molar-refractivity contribution in [2.24, 2.45) is 5.10 Å². The molecule has 7 heteroatoms. The van der Waals surface area contributed by atoms with E-state index in [0.717, 1.165) is 12.8 Å². The van der Waals surface area contributed by atoms with E-state index in [-0.39, 0.29) is 35.2 Å². The monoisotopic (exact) mass is 256 g/mol. The minimum absolute atomic E-state index is 0.00733. The van der Waals surface area contributed by atoms with E-state index in [9.17, 15) is 9.90 Å². The normalized spacial score (nSPS) is 24.3. The molecular weight excluding hydrogens is 240 g/mol. The second kappa shape index (κ2) is 4.95. The topological polar surface area (TPSA) is 91.2 Å². The number of aliphatic hydroxyl groups is 1. The zero-order valence-corrected chi connectivity index (χ0v) is 10.2. The number of hydrogen-bond donors (Lipinski definition) is 1. The number of hydrogen-bond acceptors (Lipinski definition) is 6. The van der Waals surface area contributed by atoms with Gasteiger partial charge in [-0.3, -0.25) is 0 Å². The first-order valence-electron chi connectivity index (χ1n) is 5.86. The summed E-state index contributed by atoms with van der Waals surface area (Å²) >= 11 is 0. The van der Waals surface area contributed by atoms with Crippen LogP contribution in [0.2, 0.25) is 0 Å². The lowest BCUT2D eigenvalue weighted by Gasteiger charge is -2.18. The molecule has 1 amide bonds. The molecule has 0 saturated carbocycles. The maximum atomic E-state index is 12.3. The van der Waals surface area contributed by atoms with E-state index in [1.165, 1.54) is 7.11 Å². The maximum Gasteiger partial charge on any atom is 0.379 e. The van der Waals surface area contributed by atoms with Crippen molar-refractivity contribution >= 4 is 11.8 Å². The summed E-state index contributed by atoms with van der Waals surface area (Å²) in [5.74, 6) is -1.12. The molecule has 0 aliphatic carbocycles. The molecule has 2 aliphatic rings. The average molecular weight is 256 g/mol. The highest BCUT2D eigenvalue weighted by atomic mass is 16.6. The summed E-state index contributed by atoms with van der Waals surface area (Å²) in [5.41, 5.74) is -0.146. The Balaban J connectivity index is 2.35. The van der Waals surface area contributed by atoms with Gasteiger partial charge in [0.05, 0.1) is 12.6 Å². The maximum absolute atomic E-state index is 12.3. The fourth-order valence-electron chi connectivity index (χ4n) is 2.25. The number of rotatable bonds is 3. The van der Waals surface area contributed by atoms with Gasteiger partial charge >= 0.3 is 5.91 Å². The van der Waals surface area contributed by atoms with Gasteiger partial charge in [-0.2, -0.15) is 0 Å². The van der Waals surface area contributed by atoms with Crippen molar-refractivity contribution < 1.29 is 29.1 Å². The van der Waals surface area contributed by atoms with Gasteiger partial charge in [-0.1, -0.05) is 0 Å². The van der Waals surface area contributed by atoms with Gasteiger partial charge in [0.2, 0.25) is 0 Å². The number of nitrogens with zero attached hydrogens (tertiary/aromatic N) is 2. The lowest BCUT2D eigenvalue weighted by molar-refractivity contribution is -0.843. The van der Waals surface area contributed by atoms with Crippen LogP contribution >= 0.6 is 0 Å². The van der Waals surface area contributed by atoms with Crippen LogP contribution in [-0.4, -0.2) is 54.9 Å². The summed E-state index contributed by atoms with van der Waals surface area (Å²) in [4.78, 5) is 12.3. The van der Waals surface area contributed by atoms with E-state index >= 15 is 0 Å². The molecule has 100 valence electrons. The minimum Gasteiger partial charge on any atom is -0.616 e. The Morgan fingerprint density at radius 2 is 2.17 bits per heavy atom. The standard InChI is InChI=1S/C11H16N2O5/c1-17-11(16)8-9(18-7-6-14)12-13(10(8)15)4-2-3-5-13/h14H,2-7H2,1H3. The van der Waals surface area contributed by atoms with Crippen LogP contribution in [0.15, 0.2) is 16.6 Å². The third-order valence-electron chi connectivity index (χ3n) is 3.11. The van der Waals surface area contributed by atoms with Crippen molar-refractivity contribution in [1.29, 1.82) is 0 Å². The van der Waals surface area contributed by atoms with Crippen LogP contribution in [-0.2, 0) is 14.3 Å². The van der Waals surface area contributed by atoms with Gasteiger partial charge < -0.3 is 19.7 Å². The molecule has 0 atom stereocenters. The second-order valence-electron chi connectivity index (χ2n) is 4.23. The van der Waals surface area contributed by atoms with Gasteiger partial charge in [-0.05, 0) is 12.2 Å². The SMILES string of the molecule is CO/C([O-])=C1/C(=O)[N+]2(CCCC2)N=C1OCCO. The number of carbonyl (C=O) groups excluding carboxylic acids is 1. The van der Waals surface area contributed by atoms with Crippen molar-refractivity contribution in [2.75, 3.05) is 33.4 Å². The first kappa shape index (κ1) is 12.8. The molecule has 7 nitrogen and oxygen atoms in total. The molecule has 2 aliphatic heterocycles. The Hall–Kier alpha value is -1.60. The molecule has 0 unspecified atom stereocenters. The number of methoxy groups -OCH3 is 1. The molecule has 0 aromatic rings. The van der Waals surface area contributed by atoms with Crippen molar-refractivity contribution in [3.05, 3.63) is 11.5 Å². The number of aliphatic hydroxyl groups excluding tert-OH is 1. The molecule has 1 saturated heterocycles. The van der Waals surface area contributed by atoms with Crippen molar-refractivity contribution in [3.8, 4) is 0 Å². The third kappa shape index (κ3) is 1.95. The van der Waals surface area contributed by atoms with E-state index in [4.69, 9.17) is 9.84 Å². The Bertz CT molecular complexity index is 410. The number of quaternary nitrogens is 1. The Labute approximate surface area is 104 Å². The van der Waals surface area contributed by atoms with E-state index < -0.39 is 5.95 Å². The molecule has 0 aromatic carbocycles. The third-order valence-corrected chi connectivity index (χ3v) is 3.11. The molecule has 1 fully saturated rings. The molecule has 2 heterocycles. The van der Waals surface area contributed by atoms with Crippen LogP contribution in [0.5, 0.6) is 0 Å². The van der Waals surface area contributed by atoms with Crippen LogP contribution in [0.4, 0.5) is 0 Å². The molecule has 18 heavy (non-hydrogen) atoms. The quantitative estimate of drug-likeness (QED) is 0.384. The predicted octanol–water partition coefficient (Wildman–Crippen LogP) is -1.32. The summed E-state index contributed by atoms with van der Waals surface area (Å²) in [7, 11) is 1.21. The molecule has 0 bridgehead atoms. The van der Waals surface area contributed by atoms with Crippen LogP contribution in [0.25, 0.3) is 0 Å². The predicted molar refractivity (Wildman–Crippen MR) is 58.7 cm³/mol. The lowest BCUT2D eigenvalue weighted by Crippen LogP contribution is -2.43. The summed E-state index contributed by atoms with van der Waals surface area (Å²) in [6, 6.07) is 0. The average Bonchev–Trinajstić information content (AvgIpc) is 2.94. The highest BCUT2D eigenvalue weighted by Gasteiger charge is 2.51. The Morgan fingerprint density at radius 3 is 2.72 bits per heavy atom. The Kier molecular flexibility index (Phi) is 3.53. The molecule has 0 radical (unpaired) electrons. The summed E-state index contributed by atoms with van der Waals surface area (Å²) < 4.78 is 9.65. The summed E-state index contributed by atoms with van der Waals surface area (Å²) in [6.45, 7) is 0.935. The van der Waals surface area contributed by atoms with E-state index in [1.54, 1.807) is 0 Å². The van der Waals surface area contributed by atoms with Gasteiger partial charge in [0.1, 0.15) is 19.7 Å². The molecule has 1 spiro atoms. The van der Waals surface area contributed by atoms with E-state index in [2.05, 4.69) is 9.84 Å². The van der Waals surface area contributed by atoms with E-state index in [0.29, 0.717) is 13.1 Å². The van der Waals surface area contributed by atoms with Crippen molar-refractivity contribution in [3.63, 3.8) is 0 Å². The fourth-order valence-corrected chi connectivity index (χ4v) is 2.25. The summed E-state index contributed by atoms with van der Waals surface area (Å²) in [5, 5.41) is 24.6. The lowest BCUT2D eigenvalue weighted by atomic mass is 10.2. The number of ether oxygens (including phenoxy) is 2. The van der Waals surface area contributed by atoms with Crippen molar-refractivity contribution in [1.82, 2.24) is 0 Å². The zero-order valence-electron chi connectivity index (χ0n) is 10.2. The van der Waals surface area contributed by atoms with Gasteiger partial charge in [0, 0.05) is 12.8 Å². The van der Waals surface area contributed by atoms with Crippen molar-refractivity contribution in [2.45, 2.75) is 12.8 Å². The summed E-state index contributed by atoms with van der Waals surface area (Å²) in [6.07, 6.45) is 1.77. The number of amides is 1. The van der Waals surface area contributed by atoms with Gasteiger partial charge in [0.25, 0.3) is 5.90 Å². The van der Waals surface area contributed by atoms with Crippen LogP contribution in [0, 0.1) is 0 Å². The molecule has 0 aromatic heterocycles. The van der Waals surface area contributed by atoms with Crippen LogP contribution in [0.1, 0.15) is 12.8 Å².